The first-order valence-electron chi connectivity index (χ1n) is 16.7. The van der Waals surface area contributed by atoms with Crippen molar-refractivity contribution in [2.24, 2.45) is 10.9 Å². The van der Waals surface area contributed by atoms with Gasteiger partial charge in [-0.15, -0.1) is 0 Å². The number of anilines is 2. The molecule has 1 N–H and O–H groups in total. The maximum Gasteiger partial charge on any atom is 0.236 e. The van der Waals surface area contributed by atoms with Gasteiger partial charge in [-0.3, -0.25) is 24.5 Å². The van der Waals surface area contributed by atoms with Crippen molar-refractivity contribution in [2.45, 2.75) is 33.6 Å². The Morgan fingerprint density at radius 3 is 2.33 bits per heavy atom. The highest BCUT2D eigenvalue weighted by Crippen LogP contribution is 2.23. The fourth-order valence-electron chi connectivity index (χ4n) is 6.30. The van der Waals surface area contributed by atoms with E-state index in [1.54, 1.807) is 25.6 Å². The number of carbonyl (C=O) groups is 2. The molecule has 0 radical (unpaired) electrons. The van der Waals surface area contributed by atoms with Crippen molar-refractivity contribution >= 4 is 29.4 Å². The van der Waals surface area contributed by atoms with Crippen LogP contribution in [0.4, 0.5) is 11.4 Å². The van der Waals surface area contributed by atoms with Gasteiger partial charge in [-0.2, -0.15) is 0 Å². The number of aliphatic imine (C=N–C) groups is 1. The van der Waals surface area contributed by atoms with Crippen LogP contribution < -0.4 is 10.2 Å². The predicted octanol–water partition coefficient (Wildman–Crippen LogP) is 5.26. The van der Waals surface area contributed by atoms with E-state index in [1.807, 2.05) is 55.1 Å². The maximum atomic E-state index is 12.6. The molecular weight excluding hydrogens is 600 g/mol. The number of rotatable bonds is 9. The fourth-order valence-corrected chi connectivity index (χ4v) is 6.30. The lowest BCUT2D eigenvalue weighted by atomic mass is 9.97. The van der Waals surface area contributed by atoms with Crippen LogP contribution in [0.5, 0.6) is 0 Å². The highest BCUT2D eigenvalue weighted by molar-refractivity contribution is 6.14. The second kappa shape index (κ2) is 16.7. The van der Waals surface area contributed by atoms with Gasteiger partial charge in [-0.25, -0.2) is 9.97 Å². The number of hydrogen-bond acceptors (Lipinski definition) is 8. The van der Waals surface area contributed by atoms with Gasteiger partial charge in [-0.05, 0) is 92.9 Å². The average Bonchev–Trinajstić information content (AvgIpc) is 3.58. The second-order valence-electron chi connectivity index (χ2n) is 12.3. The normalized spacial score (nSPS) is 16.7. The molecular formula is C38H46N8O2. The van der Waals surface area contributed by atoms with Crippen LogP contribution in [0, 0.1) is 19.8 Å². The van der Waals surface area contributed by atoms with Crippen molar-refractivity contribution < 1.29 is 9.59 Å². The third-order valence-corrected chi connectivity index (χ3v) is 9.11. The SMILES string of the molecule is CCC1CCN(CC(=O)N2CCN(c3ccc(-c4ncccn4)cc3)CC2)C1.CN=C(c1ccnc(C)c1)c1cc(NC=O)ccc1C. The highest BCUT2D eigenvalue weighted by atomic mass is 16.2. The Kier molecular flexibility index (Phi) is 12.0. The van der Waals surface area contributed by atoms with Gasteiger partial charge in [0.05, 0.1) is 12.3 Å². The number of piperazine rings is 1. The molecule has 2 aliphatic heterocycles. The van der Waals surface area contributed by atoms with Gasteiger partial charge in [0.25, 0.3) is 0 Å². The first-order valence-corrected chi connectivity index (χ1v) is 16.7. The average molecular weight is 647 g/mol. The molecule has 0 saturated carbocycles. The van der Waals surface area contributed by atoms with Crippen LogP contribution >= 0.6 is 0 Å². The van der Waals surface area contributed by atoms with Crippen molar-refractivity contribution in [2.75, 3.05) is 63.1 Å². The number of aryl methyl sites for hydroxylation is 2. The van der Waals surface area contributed by atoms with E-state index in [2.05, 4.69) is 66.3 Å². The van der Waals surface area contributed by atoms with E-state index in [9.17, 15) is 9.59 Å². The number of hydrogen-bond donors (Lipinski definition) is 1. The Morgan fingerprint density at radius 1 is 0.938 bits per heavy atom. The quantitative estimate of drug-likeness (QED) is 0.195. The van der Waals surface area contributed by atoms with E-state index >= 15 is 0 Å². The van der Waals surface area contributed by atoms with E-state index in [4.69, 9.17) is 0 Å². The van der Waals surface area contributed by atoms with Gasteiger partial charge < -0.3 is 15.1 Å². The van der Waals surface area contributed by atoms with Gasteiger partial charge >= 0.3 is 0 Å². The van der Waals surface area contributed by atoms with Gasteiger partial charge in [0.15, 0.2) is 5.82 Å². The molecule has 10 nitrogen and oxygen atoms in total. The van der Waals surface area contributed by atoms with Crippen molar-refractivity contribution in [1.29, 1.82) is 0 Å². The summed E-state index contributed by atoms with van der Waals surface area (Å²) in [6.07, 6.45) is 8.43. The van der Waals surface area contributed by atoms with E-state index in [1.165, 1.54) is 18.5 Å². The van der Waals surface area contributed by atoms with Crippen LogP contribution in [0.1, 0.15) is 42.1 Å². The fraction of sp³-hybridized carbons (Fsp3) is 0.368. The highest BCUT2D eigenvalue weighted by Gasteiger charge is 2.26. The van der Waals surface area contributed by atoms with Crippen molar-refractivity contribution in [3.63, 3.8) is 0 Å². The zero-order valence-electron chi connectivity index (χ0n) is 28.5. The van der Waals surface area contributed by atoms with E-state index in [-0.39, 0.29) is 5.91 Å². The minimum Gasteiger partial charge on any atom is -0.368 e. The zero-order valence-corrected chi connectivity index (χ0v) is 28.5. The third kappa shape index (κ3) is 8.89. The molecule has 2 aliphatic rings. The number of nitrogens with one attached hydrogen (secondary N) is 1. The van der Waals surface area contributed by atoms with Crippen LogP contribution in [0.3, 0.4) is 0 Å². The molecule has 250 valence electrons. The van der Waals surface area contributed by atoms with Crippen LogP contribution in [0.15, 0.2) is 84.2 Å². The summed E-state index contributed by atoms with van der Waals surface area (Å²) in [5, 5.41) is 2.67. The number of carbonyl (C=O) groups excluding carboxylic acids is 2. The standard InChI is InChI=1S/C22H29N5O.C16H17N3O/c1-2-18-8-11-25(16-18)17-21(28)27-14-12-26(13-15-27)20-6-4-19(5-7-20)22-23-9-3-10-24-22;1-11-4-5-14(19-10-20)9-15(11)16(17-3)13-6-7-18-12(2)8-13/h3-7,9-10,18H,2,8,11-17H2,1H3;4-10H,1-3H3,(H,19,20). The Morgan fingerprint density at radius 2 is 1.69 bits per heavy atom. The molecule has 0 bridgehead atoms. The van der Waals surface area contributed by atoms with E-state index < -0.39 is 0 Å². The first kappa shape index (κ1) is 34.4. The second-order valence-corrected chi connectivity index (χ2v) is 12.3. The first-order chi connectivity index (χ1) is 23.4. The molecule has 48 heavy (non-hydrogen) atoms. The predicted molar refractivity (Wildman–Crippen MR) is 193 cm³/mol. The molecule has 2 amide bonds. The number of aromatic nitrogens is 3. The number of benzene rings is 2. The molecule has 2 saturated heterocycles. The van der Waals surface area contributed by atoms with Gasteiger partial charge in [0.2, 0.25) is 12.3 Å². The molecule has 1 unspecified atom stereocenters. The van der Waals surface area contributed by atoms with Gasteiger partial charge in [-0.1, -0.05) is 19.4 Å². The summed E-state index contributed by atoms with van der Waals surface area (Å²) in [5.74, 6) is 1.80. The lowest BCUT2D eigenvalue weighted by Crippen LogP contribution is -2.51. The molecule has 2 aromatic carbocycles. The summed E-state index contributed by atoms with van der Waals surface area (Å²) < 4.78 is 0. The van der Waals surface area contributed by atoms with Gasteiger partial charge in [0, 0.05) is 92.1 Å². The van der Waals surface area contributed by atoms with Crippen LogP contribution in [-0.2, 0) is 9.59 Å². The smallest absolute Gasteiger partial charge is 0.236 e. The summed E-state index contributed by atoms with van der Waals surface area (Å²) in [5.41, 5.74) is 7.94. The minimum atomic E-state index is 0.285. The van der Waals surface area contributed by atoms with Crippen molar-refractivity contribution in [3.05, 3.63) is 102 Å². The summed E-state index contributed by atoms with van der Waals surface area (Å²) in [4.78, 5) is 47.1. The summed E-state index contributed by atoms with van der Waals surface area (Å²) in [7, 11) is 1.77. The Balaban J connectivity index is 0.000000199. The van der Waals surface area contributed by atoms with E-state index in [0.29, 0.717) is 13.0 Å². The van der Waals surface area contributed by atoms with Gasteiger partial charge in [0.1, 0.15) is 0 Å². The number of nitrogens with zero attached hydrogens (tertiary/aromatic N) is 7. The minimum absolute atomic E-state index is 0.285. The van der Waals surface area contributed by atoms with Crippen LogP contribution in [-0.4, -0.2) is 95.6 Å². The number of likely N-dealkylation sites (tertiary alicyclic amines) is 1. The molecule has 2 aromatic heterocycles. The molecule has 6 rings (SSSR count). The third-order valence-electron chi connectivity index (χ3n) is 9.11. The molecule has 4 aromatic rings. The Bertz CT molecular complexity index is 1680. The van der Waals surface area contributed by atoms with Crippen LogP contribution in [0.2, 0.25) is 0 Å². The maximum absolute atomic E-state index is 12.6. The zero-order chi connectivity index (χ0) is 33.9. The number of pyridine rings is 1. The van der Waals surface area contributed by atoms with Crippen molar-refractivity contribution in [1.82, 2.24) is 24.8 Å². The molecule has 2 fully saturated rings. The van der Waals surface area contributed by atoms with Crippen LogP contribution in [0.25, 0.3) is 11.4 Å². The molecule has 4 heterocycles. The lowest BCUT2D eigenvalue weighted by Gasteiger charge is -2.36. The molecule has 10 heteroatoms. The Labute approximate surface area is 284 Å². The summed E-state index contributed by atoms with van der Waals surface area (Å²) in [6.45, 7) is 12.3. The number of amides is 2. The van der Waals surface area contributed by atoms with E-state index in [0.717, 1.165) is 90.4 Å². The molecule has 1 atom stereocenters. The largest absolute Gasteiger partial charge is 0.368 e. The lowest BCUT2D eigenvalue weighted by molar-refractivity contribution is -0.132. The summed E-state index contributed by atoms with van der Waals surface area (Å²) >= 11 is 0. The van der Waals surface area contributed by atoms with Crippen molar-refractivity contribution in [3.8, 4) is 11.4 Å². The molecule has 0 spiro atoms. The Hall–Kier alpha value is -4.96. The monoisotopic (exact) mass is 646 g/mol. The topological polar surface area (TPSA) is 107 Å². The molecule has 0 aliphatic carbocycles. The summed E-state index contributed by atoms with van der Waals surface area (Å²) in [6, 6.07) is 19.9.